The van der Waals surface area contributed by atoms with Gasteiger partial charge in [0, 0.05) is 13.0 Å². The number of fused-ring (bicyclic) bond motifs is 1. The van der Waals surface area contributed by atoms with E-state index in [4.69, 9.17) is 9.47 Å². The Hall–Kier alpha value is -1.88. The van der Waals surface area contributed by atoms with E-state index in [0.717, 1.165) is 37.0 Å². The fourth-order valence-corrected chi connectivity index (χ4v) is 2.30. The molecule has 1 aromatic heterocycles. The second-order valence-corrected chi connectivity index (χ2v) is 5.08. The Morgan fingerprint density at radius 3 is 2.95 bits per heavy atom. The van der Waals surface area contributed by atoms with Crippen LogP contribution >= 0.6 is 0 Å². The second-order valence-electron chi connectivity index (χ2n) is 5.08. The largest absolute Gasteiger partial charge is 0.486 e. The first-order valence-electron chi connectivity index (χ1n) is 6.93. The zero-order valence-electron chi connectivity index (χ0n) is 11.9. The maximum atomic E-state index is 5.83. The van der Waals surface area contributed by atoms with Crippen molar-refractivity contribution in [3.05, 3.63) is 41.0 Å². The van der Waals surface area contributed by atoms with Crippen molar-refractivity contribution in [2.75, 3.05) is 13.2 Å². The minimum atomic E-state index is 0.440. The lowest BCUT2D eigenvalue weighted by atomic mass is 10.1. The standard InChI is InChI=1S/C15H19N3O2/c1-11-3-4-13(9-12(11)2)20-10-15-17-16-14-5-7-19-8-6-18(14)15/h3-4,9H,5-8,10H2,1-2H3. The zero-order valence-corrected chi connectivity index (χ0v) is 11.9. The normalized spacial score (nSPS) is 14.7. The van der Waals surface area contributed by atoms with Gasteiger partial charge in [-0.2, -0.15) is 0 Å². The molecule has 0 radical (unpaired) electrons. The molecule has 0 atom stereocenters. The van der Waals surface area contributed by atoms with Crippen LogP contribution in [0.3, 0.4) is 0 Å². The van der Waals surface area contributed by atoms with Crippen molar-refractivity contribution in [3.8, 4) is 5.75 Å². The molecule has 0 amide bonds. The van der Waals surface area contributed by atoms with Crippen LogP contribution in [-0.4, -0.2) is 28.0 Å². The molecule has 0 bridgehead atoms. The molecule has 1 aliphatic rings. The molecule has 3 rings (SSSR count). The highest BCUT2D eigenvalue weighted by molar-refractivity contribution is 5.33. The summed E-state index contributed by atoms with van der Waals surface area (Å²) >= 11 is 0. The predicted molar refractivity (Wildman–Crippen MR) is 74.8 cm³/mol. The van der Waals surface area contributed by atoms with E-state index in [1.54, 1.807) is 0 Å². The van der Waals surface area contributed by atoms with E-state index >= 15 is 0 Å². The summed E-state index contributed by atoms with van der Waals surface area (Å²) in [5.41, 5.74) is 2.50. The van der Waals surface area contributed by atoms with Gasteiger partial charge in [0.25, 0.3) is 0 Å². The molecule has 106 valence electrons. The summed E-state index contributed by atoms with van der Waals surface area (Å²) in [4.78, 5) is 0. The van der Waals surface area contributed by atoms with Gasteiger partial charge in [0.2, 0.25) is 0 Å². The van der Waals surface area contributed by atoms with E-state index < -0.39 is 0 Å². The number of ether oxygens (including phenoxy) is 2. The first kappa shape index (κ1) is 13.1. The third-order valence-electron chi connectivity index (χ3n) is 3.68. The van der Waals surface area contributed by atoms with Gasteiger partial charge in [0.1, 0.15) is 18.2 Å². The van der Waals surface area contributed by atoms with Crippen LogP contribution in [0.2, 0.25) is 0 Å². The van der Waals surface area contributed by atoms with Crippen LogP contribution in [0.5, 0.6) is 5.75 Å². The molecule has 0 fully saturated rings. The average Bonchev–Trinajstić information content (AvgIpc) is 2.68. The van der Waals surface area contributed by atoms with Gasteiger partial charge >= 0.3 is 0 Å². The first-order valence-corrected chi connectivity index (χ1v) is 6.93. The van der Waals surface area contributed by atoms with E-state index in [1.807, 2.05) is 6.07 Å². The average molecular weight is 273 g/mol. The van der Waals surface area contributed by atoms with Crippen molar-refractivity contribution in [2.45, 2.75) is 33.4 Å². The fourth-order valence-electron chi connectivity index (χ4n) is 2.30. The third-order valence-corrected chi connectivity index (χ3v) is 3.68. The smallest absolute Gasteiger partial charge is 0.171 e. The Kier molecular flexibility index (Phi) is 3.69. The molecule has 0 spiro atoms. The molecule has 0 saturated heterocycles. The van der Waals surface area contributed by atoms with Crippen molar-refractivity contribution >= 4 is 0 Å². The van der Waals surface area contributed by atoms with Gasteiger partial charge in [0.15, 0.2) is 5.82 Å². The lowest BCUT2D eigenvalue weighted by Gasteiger charge is -2.09. The minimum absolute atomic E-state index is 0.440. The van der Waals surface area contributed by atoms with Crippen LogP contribution in [0.25, 0.3) is 0 Å². The lowest BCUT2D eigenvalue weighted by Crippen LogP contribution is -2.10. The molecule has 0 saturated carbocycles. The Morgan fingerprint density at radius 2 is 2.10 bits per heavy atom. The summed E-state index contributed by atoms with van der Waals surface area (Å²) in [6, 6.07) is 6.12. The Morgan fingerprint density at radius 1 is 1.20 bits per heavy atom. The summed E-state index contributed by atoms with van der Waals surface area (Å²) in [6.45, 7) is 6.85. The predicted octanol–water partition coefficient (Wildman–Crippen LogP) is 2.05. The van der Waals surface area contributed by atoms with Crippen molar-refractivity contribution in [3.63, 3.8) is 0 Å². The van der Waals surface area contributed by atoms with Crippen LogP contribution < -0.4 is 4.74 Å². The number of hydrogen-bond donors (Lipinski definition) is 0. The van der Waals surface area contributed by atoms with Gasteiger partial charge in [-0.05, 0) is 37.1 Å². The van der Waals surface area contributed by atoms with Crippen LogP contribution in [-0.2, 0) is 24.3 Å². The van der Waals surface area contributed by atoms with E-state index in [2.05, 4.69) is 40.7 Å². The fraction of sp³-hybridized carbons (Fsp3) is 0.467. The summed E-state index contributed by atoms with van der Waals surface area (Å²) in [7, 11) is 0. The Balaban J connectivity index is 1.72. The van der Waals surface area contributed by atoms with E-state index in [-0.39, 0.29) is 0 Å². The molecule has 2 heterocycles. The number of benzene rings is 1. The first-order chi connectivity index (χ1) is 9.74. The molecule has 0 N–H and O–H groups in total. The highest BCUT2D eigenvalue weighted by Crippen LogP contribution is 2.18. The molecular formula is C15H19N3O2. The molecule has 1 aromatic carbocycles. The van der Waals surface area contributed by atoms with Gasteiger partial charge < -0.3 is 14.0 Å². The Bertz CT molecular complexity index is 607. The number of aromatic nitrogens is 3. The van der Waals surface area contributed by atoms with Gasteiger partial charge in [-0.15, -0.1) is 10.2 Å². The van der Waals surface area contributed by atoms with Crippen LogP contribution in [0.1, 0.15) is 22.8 Å². The number of aryl methyl sites for hydroxylation is 2. The monoisotopic (exact) mass is 273 g/mol. The van der Waals surface area contributed by atoms with Gasteiger partial charge in [-0.3, -0.25) is 0 Å². The van der Waals surface area contributed by atoms with Crippen molar-refractivity contribution < 1.29 is 9.47 Å². The van der Waals surface area contributed by atoms with E-state index in [1.165, 1.54) is 11.1 Å². The molecule has 0 unspecified atom stereocenters. The van der Waals surface area contributed by atoms with Crippen LogP contribution in [0, 0.1) is 13.8 Å². The maximum absolute atomic E-state index is 5.83. The van der Waals surface area contributed by atoms with Crippen LogP contribution in [0.4, 0.5) is 0 Å². The highest BCUT2D eigenvalue weighted by atomic mass is 16.5. The summed E-state index contributed by atoms with van der Waals surface area (Å²) in [5, 5.41) is 8.44. The zero-order chi connectivity index (χ0) is 13.9. The van der Waals surface area contributed by atoms with E-state index in [9.17, 15) is 0 Å². The van der Waals surface area contributed by atoms with E-state index in [0.29, 0.717) is 13.2 Å². The molecule has 20 heavy (non-hydrogen) atoms. The van der Waals surface area contributed by atoms with Crippen LogP contribution in [0.15, 0.2) is 18.2 Å². The molecule has 5 nitrogen and oxygen atoms in total. The maximum Gasteiger partial charge on any atom is 0.171 e. The highest BCUT2D eigenvalue weighted by Gasteiger charge is 2.15. The van der Waals surface area contributed by atoms with Gasteiger partial charge in [-0.1, -0.05) is 6.07 Å². The molecule has 0 aliphatic carbocycles. The number of rotatable bonds is 3. The van der Waals surface area contributed by atoms with Gasteiger partial charge in [0.05, 0.1) is 13.2 Å². The van der Waals surface area contributed by atoms with Gasteiger partial charge in [-0.25, -0.2) is 0 Å². The Labute approximate surface area is 118 Å². The molecule has 5 heteroatoms. The quantitative estimate of drug-likeness (QED) is 0.858. The molecule has 2 aromatic rings. The summed E-state index contributed by atoms with van der Waals surface area (Å²) in [6.07, 6.45) is 0.816. The second kappa shape index (κ2) is 5.63. The topological polar surface area (TPSA) is 49.2 Å². The number of nitrogens with zero attached hydrogens (tertiary/aromatic N) is 3. The lowest BCUT2D eigenvalue weighted by molar-refractivity contribution is 0.139. The molecular weight excluding hydrogens is 254 g/mol. The molecule has 1 aliphatic heterocycles. The number of hydrogen-bond acceptors (Lipinski definition) is 4. The van der Waals surface area contributed by atoms with Crippen molar-refractivity contribution in [2.24, 2.45) is 0 Å². The summed E-state index contributed by atoms with van der Waals surface area (Å²) in [5.74, 6) is 2.72. The van der Waals surface area contributed by atoms with Crippen molar-refractivity contribution in [1.82, 2.24) is 14.8 Å². The van der Waals surface area contributed by atoms with Crippen molar-refractivity contribution in [1.29, 1.82) is 0 Å². The minimum Gasteiger partial charge on any atom is -0.486 e. The third kappa shape index (κ3) is 2.67. The SMILES string of the molecule is Cc1ccc(OCc2nnc3n2CCOCC3)cc1C. The summed E-state index contributed by atoms with van der Waals surface area (Å²) < 4.78 is 13.4.